The van der Waals surface area contributed by atoms with Crippen molar-refractivity contribution in [1.82, 2.24) is 9.80 Å². The summed E-state index contributed by atoms with van der Waals surface area (Å²) in [5.41, 5.74) is 0.634. The second-order valence-corrected chi connectivity index (χ2v) is 25.5. The van der Waals surface area contributed by atoms with E-state index < -0.39 is 0 Å². The van der Waals surface area contributed by atoms with Gasteiger partial charge in [0.1, 0.15) is 0 Å². The number of carbonyl (C=O) groups is 2. The fraction of sp³-hybridized carbons (Fsp3) is 0.964. The van der Waals surface area contributed by atoms with Crippen LogP contribution in [0.4, 0.5) is 0 Å². The molecule has 7 aliphatic carbocycles. The normalized spacial score (nSPS) is 41.0. The van der Waals surface area contributed by atoms with E-state index in [2.05, 4.69) is 79.0 Å². The molecule has 0 heterocycles. The molecule has 7 saturated carbocycles. The standard InChI is InChI=1S/C56H98N2O4/c1-11-33-61-53(59)39-17-27-45(28-18-39)57(43-23-13-37(3)14-24-43)51-47-31-21-42(56(8,9)10)36-50(47)52(48-32-22-41(35-49(48)51)55(5,6)7)58(44-25-15-38(4)16-26-44)46-29-19-40(20-30-46)54(60)62-34-12-2/h37-52H,11-36H2,1-10H3. The maximum atomic E-state index is 13.3. The van der Waals surface area contributed by atoms with E-state index >= 15 is 0 Å². The van der Waals surface area contributed by atoms with Gasteiger partial charge in [0.25, 0.3) is 0 Å². The molecule has 0 aromatic carbocycles. The van der Waals surface area contributed by atoms with Crippen molar-refractivity contribution >= 4 is 11.9 Å². The van der Waals surface area contributed by atoms with Crippen molar-refractivity contribution in [2.75, 3.05) is 13.2 Å². The van der Waals surface area contributed by atoms with Crippen molar-refractivity contribution in [2.45, 2.75) is 260 Å². The summed E-state index contributed by atoms with van der Waals surface area (Å²) in [6.07, 6.45) is 29.7. The highest BCUT2D eigenvalue weighted by atomic mass is 16.5. The third kappa shape index (κ3) is 11.2. The molecule has 0 amide bonds. The van der Waals surface area contributed by atoms with Crippen LogP contribution >= 0.6 is 0 Å². The predicted octanol–water partition coefficient (Wildman–Crippen LogP) is 13.7. The van der Waals surface area contributed by atoms with Crippen LogP contribution < -0.4 is 0 Å². The van der Waals surface area contributed by atoms with Gasteiger partial charge in [-0.05, 0) is 212 Å². The molecule has 0 aromatic heterocycles. The van der Waals surface area contributed by atoms with Crippen LogP contribution in [0.3, 0.4) is 0 Å². The predicted molar refractivity (Wildman–Crippen MR) is 256 cm³/mol. The van der Waals surface area contributed by atoms with Crippen LogP contribution in [0.1, 0.15) is 223 Å². The molecule has 8 atom stereocenters. The third-order valence-electron chi connectivity index (χ3n) is 19.4. The number of hydrogen-bond donors (Lipinski definition) is 0. The second-order valence-electron chi connectivity index (χ2n) is 25.5. The molecule has 0 aromatic rings. The maximum Gasteiger partial charge on any atom is 0.308 e. The number of rotatable bonds is 12. The first kappa shape index (κ1) is 48.8. The van der Waals surface area contributed by atoms with Gasteiger partial charge in [0.2, 0.25) is 0 Å². The van der Waals surface area contributed by atoms with Crippen molar-refractivity contribution in [3.63, 3.8) is 0 Å². The largest absolute Gasteiger partial charge is 0.465 e. The van der Waals surface area contributed by atoms with Crippen LogP contribution in [0.5, 0.6) is 0 Å². The van der Waals surface area contributed by atoms with E-state index in [1.165, 1.54) is 89.9 Å². The van der Waals surface area contributed by atoms with Gasteiger partial charge in [-0.2, -0.15) is 0 Å². The first-order valence-electron chi connectivity index (χ1n) is 27.5. The van der Waals surface area contributed by atoms with Gasteiger partial charge in [-0.3, -0.25) is 19.4 Å². The average molecular weight is 863 g/mol. The van der Waals surface area contributed by atoms with E-state index in [1.54, 1.807) is 0 Å². The van der Waals surface area contributed by atoms with Crippen LogP contribution in [-0.2, 0) is 19.1 Å². The highest BCUT2D eigenvalue weighted by Gasteiger charge is 2.60. The number of nitrogens with zero attached hydrogens (tertiary/aromatic N) is 2. The van der Waals surface area contributed by atoms with Crippen LogP contribution in [-0.4, -0.2) is 71.2 Å². The van der Waals surface area contributed by atoms with E-state index in [0.29, 0.717) is 60.3 Å². The van der Waals surface area contributed by atoms with Gasteiger partial charge in [0.15, 0.2) is 0 Å². The topological polar surface area (TPSA) is 59.1 Å². The summed E-state index contributed by atoms with van der Waals surface area (Å²) in [5.74, 6) is 6.44. The van der Waals surface area contributed by atoms with Gasteiger partial charge >= 0.3 is 11.9 Å². The summed E-state index contributed by atoms with van der Waals surface area (Å²) in [6, 6.07) is 3.82. The Labute approximate surface area is 382 Å². The Morgan fingerprint density at radius 1 is 0.435 bits per heavy atom. The number of carbonyl (C=O) groups excluding carboxylic acids is 2. The van der Waals surface area contributed by atoms with Gasteiger partial charge in [0, 0.05) is 36.3 Å². The zero-order valence-electron chi connectivity index (χ0n) is 42.1. The molecule has 0 radical (unpaired) electrons. The lowest BCUT2D eigenvalue weighted by Gasteiger charge is -2.66. The smallest absolute Gasteiger partial charge is 0.308 e. The fourth-order valence-corrected chi connectivity index (χ4v) is 15.7. The quantitative estimate of drug-likeness (QED) is 0.182. The number of esters is 2. The molecule has 7 fully saturated rings. The summed E-state index contributed by atoms with van der Waals surface area (Å²) in [7, 11) is 0. The minimum absolute atomic E-state index is 0.0777. The van der Waals surface area contributed by atoms with Gasteiger partial charge in [-0.25, -0.2) is 0 Å². The minimum Gasteiger partial charge on any atom is -0.465 e. The maximum absolute atomic E-state index is 13.3. The zero-order chi connectivity index (χ0) is 44.3. The van der Waals surface area contributed by atoms with E-state index in [-0.39, 0.29) is 23.8 Å². The zero-order valence-corrected chi connectivity index (χ0v) is 42.1. The third-order valence-corrected chi connectivity index (χ3v) is 19.4. The molecular formula is C56H98N2O4. The Hall–Kier alpha value is -1.14. The van der Waals surface area contributed by atoms with Crippen LogP contribution in [0.25, 0.3) is 0 Å². The first-order chi connectivity index (χ1) is 29.6. The summed E-state index contributed by atoms with van der Waals surface area (Å²) >= 11 is 0. The molecule has 8 unspecified atom stereocenters. The van der Waals surface area contributed by atoms with E-state index in [4.69, 9.17) is 9.47 Å². The van der Waals surface area contributed by atoms with Crippen LogP contribution in [0.2, 0.25) is 0 Å². The first-order valence-corrected chi connectivity index (χ1v) is 27.5. The average Bonchev–Trinajstić information content (AvgIpc) is 3.26. The lowest BCUT2D eigenvalue weighted by atomic mass is 9.49. The Morgan fingerprint density at radius 3 is 1.03 bits per heavy atom. The summed E-state index contributed by atoms with van der Waals surface area (Å²) in [5, 5.41) is 0. The van der Waals surface area contributed by atoms with Gasteiger partial charge in [0.05, 0.1) is 25.0 Å². The summed E-state index contributed by atoms with van der Waals surface area (Å²) < 4.78 is 11.6. The SMILES string of the molecule is CCCOC(=O)C1CCC(N(C2CCC(C)CC2)C2C3CCC(C(C)(C)C)CC3C(N(C3CCC(C)CC3)C3CCC(C(=O)OCCC)CC3)C3CCC(C(C)(C)C)CC32)CC1. The minimum atomic E-state index is 0.0777. The van der Waals surface area contributed by atoms with E-state index in [9.17, 15) is 9.59 Å². The number of fused-ring (bicyclic) bond motifs is 2. The van der Waals surface area contributed by atoms with Crippen LogP contribution in [0.15, 0.2) is 0 Å². The van der Waals surface area contributed by atoms with Gasteiger partial charge in [-0.15, -0.1) is 0 Å². The van der Waals surface area contributed by atoms with E-state index in [0.717, 1.165) is 112 Å². The molecule has 356 valence electrons. The lowest BCUT2D eigenvalue weighted by Crippen LogP contribution is -2.70. The van der Waals surface area contributed by atoms with E-state index in [1.807, 2.05) is 0 Å². The van der Waals surface area contributed by atoms with Crippen molar-refractivity contribution in [3.05, 3.63) is 0 Å². The highest BCUT2D eigenvalue weighted by molar-refractivity contribution is 5.73. The Bertz CT molecular complexity index is 1300. The molecular weight excluding hydrogens is 765 g/mol. The molecule has 0 bridgehead atoms. The molecule has 7 rings (SSSR count). The molecule has 0 N–H and O–H groups in total. The molecule has 0 saturated heterocycles. The Kier molecular flexibility index (Phi) is 16.7. The second kappa shape index (κ2) is 21.2. The molecule has 62 heavy (non-hydrogen) atoms. The molecule has 6 heteroatoms. The highest BCUT2D eigenvalue weighted by Crippen LogP contribution is 2.60. The fourth-order valence-electron chi connectivity index (χ4n) is 15.7. The van der Waals surface area contributed by atoms with Gasteiger partial charge < -0.3 is 9.47 Å². The molecule has 0 spiro atoms. The molecule has 0 aliphatic heterocycles. The van der Waals surface area contributed by atoms with Crippen molar-refractivity contribution in [3.8, 4) is 0 Å². The molecule has 7 aliphatic rings. The van der Waals surface area contributed by atoms with Crippen LogP contribution in [0, 0.1) is 70.0 Å². The monoisotopic (exact) mass is 863 g/mol. The lowest BCUT2D eigenvalue weighted by molar-refractivity contribution is -0.169. The Morgan fingerprint density at radius 2 is 0.742 bits per heavy atom. The summed E-state index contributed by atoms with van der Waals surface area (Å²) in [6.45, 7) is 25.7. The number of hydrogen-bond acceptors (Lipinski definition) is 6. The summed E-state index contributed by atoms with van der Waals surface area (Å²) in [4.78, 5) is 33.3. The van der Waals surface area contributed by atoms with Crippen molar-refractivity contribution < 1.29 is 19.1 Å². The Balaban J connectivity index is 1.30. The molecule has 6 nitrogen and oxygen atoms in total. The van der Waals surface area contributed by atoms with Gasteiger partial charge in [-0.1, -0.05) is 69.2 Å². The number of ether oxygens (including phenoxy) is 2. The van der Waals surface area contributed by atoms with Crippen molar-refractivity contribution in [1.29, 1.82) is 0 Å². The van der Waals surface area contributed by atoms with Crippen molar-refractivity contribution in [2.24, 2.45) is 70.0 Å².